The van der Waals surface area contributed by atoms with Crippen molar-refractivity contribution < 1.29 is 42.4 Å². The summed E-state index contributed by atoms with van der Waals surface area (Å²) in [7, 11) is 0. The first-order valence-corrected chi connectivity index (χ1v) is 8.24. The molecule has 3 rings (SSSR count). The van der Waals surface area contributed by atoms with Crippen LogP contribution in [0.4, 0.5) is 13.2 Å². The Balaban J connectivity index is 1.91. The van der Waals surface area contributed by atoms with Crippen molar-refractivity contribution in [1.82, 2.24) is 0 Å². The molecule has 0 fully saturated rings. The predicted molar refractivity (Wildman–Crippen MR) is 90.2 cm³/mol. The summed E-state index contributed by atoms with van der Waals surface area (Å²) in [5, 5.41) is 18.0. The first kappa shape index (κ1) is 19.8. The number of benzene rings is 2. The van der Waals surface area contributed by atoms with E-state index in [1.807, 2.05) is 0 Å². The van der Waals surface area contributed by atoms with Gasteiger partial charge >= 0.3 is 18.1 Å². The second-order valence-electron chi connectivity index (χ2n) is 6.05. The van der Waals surface area contributed by atoms with Crippen LogP contribution in [0.25, 0.3) is 0 Å². The number of ether oxygens (including phenoxy) is 2. The first-order valence-electron chi connectivity index (χ1n) is 7.86. The number of hydrogen-bond donors (Lipinski definition) is 2. The number of carboxylic acid groups (broad SMARTS) is 2. The molecule has 0 aliphatic carbocycles. The summed E-state index contributed by atoms with van der Waals surface area (Å²) < 4.78 is 50.0. The molecule has 1 aliphatic heterocycles. The molecule has 2 unspecified atom stereocenters. The summed E-state index contributed by atoms with van der Waals surface area (Å²) in [6.45, 7) is 0. The third-order valence-corrected chi connectivity index (χ3v) is 4.44. The predicted octanol–water partition coefficient (Wildman–Crippen LogP) is 4.40. The van der Waals surface area contributed by atoms with E-state index in [4.69, 9.17) is 31.3 Å². The van der Waals surface area contributed by atoms with Crippen LogP contribution >= 0.6 is 11.6 Å². The maximum absolute atomic E-state index is 13.2. The summed E-state index contributed by atoms with van der Waals surface area (Å²) in [5.74, 6) is -4.53. The van der Waals surface area contributed by atoms with Gasteiger partial charge in [-0.15, -0.1) is 0 Å². The Morgan fingerprint density at radius 3 is 2.32 bits per heavy atom. The highest BCUT2D eigenvalue weighted by Crippen LogP contribution is 2.43. The van der Waals surface area contributed by atoms with Crippen LogP contribution in [0.1, 0.15) is 15.9 Å². The lowest BCUT2D eigenvalue weighted by Crippen LogP contribution is -2.47. The minimum absolute atomic E-state index is 0.0156. The van der Waals surface area contributed by atoms with Crippen LogP contribution < -0.4 is 9.47 Å². The Hall–Kier alpha value is -2.94. The quantitative estimate of drug-likeness (QED) is 0.767. The molecule has 0 saturated heterocycles. The zero-order valence-corrected chi connectivity index (χ0v) is 14.6. The number of fused-ring (bicyclic) bond motifs is 1. The van der Waals surface area contributed by atoms with Gasteiger partial charge < -0.3 is 19.7 Å². The second-order valence-corrected chi connectivity index (χ2v) is 6.46. The monoisotopic (exact) mass is 416 g/mol. The van der Waals surface area contributed by atoms with Gasteiger partial charge in [-0.3, -0.25) is 4.79 Å². The van der Waals surface area contributed by atoms with Crippen LogP contribution in [-0.2, 0) is 11.2 Å². The molecule has 2 N–H and O–H groups in total. The van der Waals surface area contributed by atoms with Crippen LogP contribution in [0.5, 0.6) is 17.2 Å². The third kappa shape index (κ3) is 3.99. The van der Waals surface area contributed by atoms with Gasteiger partial charge in [0.1, 0.15) is 23.2 Å². The molecule has 0 saturated carbocycles. The second kappa shape index (κ2) is 7.23. The van der Waals surface area contributed by atoms with Gasteiger partial charge in [-0.05, 0) is 42.3 Å². The number of halogens is 4. The van der Waals surface area contributed by atoms with Crippen molar-refractivity contribution in [3.05, 3.63) is 52.5 Å². The van der Waals surface area contributed by atoms with Crippen molar-refractivity contribution in [2.45, 2.75) is 18.7 Å². The van der Waals surface area contributed by atoms with Crippen LogP contribution in [0.3, 0.4) is 0 Å². The van der Waals surface area contributed by atoms with E-state index in [0.717, 1.165) is 6.07 Å². The highest BCUT2D eigenvalue weighted by atomic mass is 35.5. The molecule has 2 aromatic rings. The van der Waals surface area contributed by atoms with E-state index in [0.29, 0.717) is 0 Å². The van der Waals surface area contributed by atoms with Crippen LogP contribution in [0.2, 0.25) is 5.02 Å². The average Bonchev–Trinajstić information content (AvgIpc) is 2.61. The number of alkyl halides is 3. The average molecular weight is 417 g/mol. The molecular formula is C18H12ClF3O6. The van der Waals surface area contributed by atoms with E-state index >= 15 is 0 Å². The fourth-order valence-electron chi connectivity index (χ4n) is 2.79. The van der Waals surface area contributed by atoms with E-state index in [1.165, 1.54) is 30.3 Å². The number of carboxylic acids is 2. The van der Waals surface area contributed by atoms with Crippen molar-refractivity contribution in [3.63, 3.8) is 0 Å². The molecule has 0 spiro atoms. The summed E-state index contributed by atoms with van der Waals surface area (Å²) in [4.78, 5) is 22.1. The molecular weight excluding hydrogens is 405 g/mol. The van der Waals surface area contributed by atoms with Crippen LogP contribution in [0, 0.1) is 5.92 Å². The SMILES string of the molecule is O=C(O)c1ccc(Oc2cc3c(cc2Cl)CC(C(=O)O)C(C(F)(F)F)O3)cc1. The smallest absolute Gasteiger partial charge is 0.426 e. The number of aromatic carboxylic acids is 1. The molecule has 148 valence electrons. The Morgan fingerprint density at radius 2 is 1.79 bits per heavy atom. The summed E-state index contributed by atoms with van der Waals surface area (Å²) in [6.07, 6.45) is -7.77. The molecule has 10 heteroatoms. The molecule has 1 heterocycles. The largest absolute Gasteiger partial charge is 0.481 e. The van der Waals surface area contributed by atoms with Gasteiger partial charge in [-0.1, -0.05) is 11.6 Å². The molecule has 28 heavy (non-hydrogen) atoms. The van der Waals surface area contributed by atoms with Gasteiger partial charge in [0.15, 0.2) is 0 Å². The van der Waals surface area contributed by atoms with Gasteiger partial charge in [0.2, 0.25) is 6.10 Å². The summed E-state index contributed by atoms with van der Waals surface area (Å²) in [6, 6.07) is 7.74. The Labute approximate surface area is 161 Å². The minimum Gasteiger partial charge on any atom is -0.481 e. The lowest BCUT2D eigenvalue weighted by Gasteiger charge is -2.32. The van der Waals surface area contributed by atoms with Crippen LogP contribution in [0.15, 0.2) is 36.4 Å². The Kier molecular flexibility index (Phi) is 5.12. The maximum atomic E-state index is 13.2. The third-order valence-electron chi connectivity index (χ3n) is 4.14. The fourth-order valence-corrected chi connectivity index (χ4v) is 3.02. The topological polar surface area (TPSA) is 93.1 Å². The van der Waals surface area contributed by atoms with Crippen molar-refractivity contribution >= 4 is 23.5 Å². The first-order chi connectivity index (χ1) is 13.1. The molecule has 0 radical (unpaired) electrons. The van der Waals surface area contributed by atoms with Gasteiger partial charge in [0.25, 0.3) is 0 Å². The lowest BCUT2D eigenvalue weighted by atomic mass is 9.90. The highest BCUT2D eigenvalue weighted by Gasteiger charge is 2.52. The summed E-state index contributed by atoms with van der Waals surface area (Å²) >= 11 is 6.10. The van der Waals surface area contributed by atoms with Gasteiger partial charge in [-0.2, -0.15) is 13.2 Å². The standard InChI is InChI=1S/C18H12ClF3O6/c19-12-6-9-5-11(17(25)26)15(18(20,21)22)28-13(9)7-14(12)27-10-3-1-8(2-4-10)16(23)24/h1-4,6-7,11,15H,5H2,(H,23,24)(H,25,26). The number of aliphatic carboxylic acids is 1. The van der Waals surface area contributed by atoms with Gasteiger partial charge in [0, 0.05) is 6.07 Å². The van der Waals surface area contributed by atoms with E-state index < -0.39 is 36.6 Å². The molecule has 2 atom stereocenters. The molecule has 0 aromatic heterocycles. The molecule has 0 bridgehead atoms. The zero-order valence-electron chi connectivity index (χ0n) is 13.9. The molecule has 2 aromatic carbocycles. The van der Waals surface area contributed by atoms with Crippen molar-refractivity contribution in [3.8, 4) is 17.2 Å². The van der Waals surface area contributed by atoms with E-state index in [1.54, 1.807) is 0 Å². The van der Waals surface area contributed by atoms with E-state index in [2.05, 4.69) is 0 Å². The van der Waals surface area contributed by atoms with Gasteiger partial charge in [-0.25, -0.2) is 4.79 Å². The van der Waals surface area contributed by atoms with E-state index in [9.17, 15) is 22.8 Å². The zero-order chi connectivity index (χ0) is 20.6. The number of carbonyl (C=O) groups is 2. The van der Waals surface area contributed by atoms with Crippen molar-refractivity contribution in [2.24, 2.45) is 5.92 Å². The van der Waals surface area contributed by atoms with Crippen molar-refractivity contribution in [2.75, 3.05) is 0 Å². The van der Waals surface area contributed by atoms with Crippen molar-refractivity contribution in [1.29, 1.82) is 0 Å². The summed E-state index contributed by atoms with van der Waals surface area (Å²) in [5.41, 5.74) is 0.242. The number of rotatable bonds is 4. The van der Waals surface area contributed by atoms with Crippen LogP contribution in [-0.4, -0.2) is 34.4 Å². The normalized spacial score (nSPS) is 18.7. The highest BCUT2D eigenvalue weighted by molar-refractivity contribution is 6.32. The molecule has 0 amide bonds. The number of hydrogen-bond acceptors (Lipinski definition) is 4. The minimum atomic E-state index is -4.87. The Morgan fingerprint density at radius 1 is 1.14 bits per heavy atom. The fraction of sp³-hybridized carbons (Fsp3) is 0.222. The maximum Gasteiger partial charge on any atom is 0.426 e. The molecule has 1 aliphatic rings. The molecule has 6 nitrogen and oxygen atoms in total. The Bertz CT molecular complexity index is 926. The van der Waals surface area contributed by atoms with E-state index in [-0.39, 0.29) is 33.4 Å². The van der Waals surface area contributed by atoms with Gasteiger partial charge in [0.05, 0.1) is 10.6 Å². The lowest BCUT2D eigenvalue weighted by molar-refractivity contribution is -0.217.